The number of rotatable bonds is 3. The van der Waals surface area contributed by atoms with Crippen LogP contribution in [0.25, 0.3) is 5.69 Å². The highest BCUT2D eigenvalue weighted by molar-refractivity contribution is 6.31. The highest BCUT2D eigenvalue weighted by Crippen LogP contribution is 2.22. The molecule has 0 spiro atoms. The Hall–Kier alpha value is -2.93. The summed E-state index contributed by atoms with van der Waals surface area (Å²) in [4.78, 5) is 12.4. The van der Waals surface area contributed by atoms with E-state index in [1.165, 1.54) is 28.9 Å². The molecule has 0 aliphatic carbocycles. The second-order valence-corrected chi connectivity index (χ2v) is 5.56. The molecule has 3 aromatic rings. The van der Waals surface area contributed by atoms with E-state index in [1.807, 2.05) is 6.92 Å². The summed E-state index contributed by atoms with van der Waals surface area (Å²) < 4.78 is 14.3. The van der Waals surface area contributed by atoms with E-state index in [4.69, 9.17) is 17.3 Å². The Balaban J connectivity index is 1.89. The average Bonchev–Trinajstić information content (AvgIpc) is 2.93. The molecule has 122 valence electrons. The third-order valence-corrected chi connectivity index (χ3v) is 3.67. The Bertz CT molecular complexity index is 907. The SMILES string of the molecule is Cc1ccc(Cl)cc1NC(=O)c1nnn(-c2ccc(F)cc2)c1N. The number of nitrogens with one attached hydrogen (secondary N) is 1. The molecule has 0 atom stereocenters. The Labute approximate surface area is 142 Å². The third kappa shape index (κ3) is 3.07. The lowest BCUT2D eigenvalue weighted by Crippen LogP contribution is -2.15. The molecule has 1 amide bonds. The minimum Gasteiger partial charge on any atom is -0.382 e. The first-order chi connectivity index (χ1) is 11.5. The van der Waals surface area contributed by atoms with E-state index in [2.05, 4.69) is 15.6 Å². The molecular formula is C16H13ClFN5O. The van der Waals surface area contributed by atoms with Crippen LogP contribution in [0.3, 0.4) is 0 Å². The van der Waals surface area contributed by atoms with Crippen LogP contribution in [0.1, 0.15) is 16.1 Å². The van der Waals surface area contributed by atoms with Gasteiger partial charge in [0.05, 0.1) is 5.69 Å². The number of nitrogens with zero attached hydrogens (tertiary/aromatic N) is 3. The lowest BCUT2D eigenvalue weighted by atomic mass is 10.2. The lowest BCUT2D eigenvalue weighted by molar-refractivity contribution is 0.102. The number of aryl methyl sites for hydroxylation is 1. The van der Waals surface area contributed by atoms with Crippen molar-refractivity contribution in [1.82, 2.24) is 15.0 Å². The first-order valence-corrected chi connectivity index (χ1v) is 7.38. The number of benzene rings is 2. The summed E-state index contributed by atoms with van der Waals surface area (Å²) >= 11 is 5.94. The normalized spacial score (nSPS) is 10.6. The van der Waals surface area contributed by atoms with Crippen molar-refractivity contribution in [2.75, 3.05) is 11.1 Å². The van der Waals surface area contributed by atoms with Gasteiger partial charge in [0.15, 0.2) is 11.5 Å². The van der Waals surface area contributed by atoms with Crippen molar-refractivity contribution in [3.05, 3.63) is 64.6 Å². The van der Waals surface area contributed by atoms with Gasteiger partial charge in [-0.2, -0.15) is 4.68 Å². The van der Waals surface area contributed by atoms with Gasteiger partial charge in [0.2, 0.25) is 0 Å². The Morgan fingerprint density at radius 3 is 2.67 bits per heavy atom. The van der Waals surface area contributed by atoms with Crippen molar-refractivity contribution in [3.63, 3.8) is 0 Å². The number of carbonyl (C=O) groups is 1. The molecule has 1 heterocycles. The van der Waals surface area contributed by atoms with Gasteiger partial charge in [0.25, 0.3) is 5.91 Å². The van der Waals surface area contributed by atoms with Crippen LogP contribution in [0.2, 0.25) is 5.02 Å². The van der Waals surface area contributed by atoms with Gasteiger partial charge in [0, 0.05) is 10.7 Å². The first kappa shape index (κ1) is 15.9. The van der Waals surface area contributed by atoms with Crippen LogP contribution in [-0.4, -0.2) is 20.9 Å². The lowest BCUT2D eigenvalue weighted by Gasteiger charge is -2.08. The fourth-order valence-corrected chi connectivity index (χ4v) is 2.31. The minimum atomic E-state index is -0.508. The predicted molar refractivity (Wildman–Crippen MR) is 89.9 cm³/mol. The number of halogens is 2. The van der Waals surface area contributed by atoms with Crippen molar-refractivity contribution in [2.24, 2.45) is 0 Å². The van der Waals surface area contributed by atoms with Gasteiger partial charge in [-0.3, -0.25) is 4.79 Å². The molecule has 2 aromatic carbocycles. The summed E-state index contributed by atoms with van der Waals surface area (Å²) in [7, 11) is 0. The standard InChI is InChI=1S/C16H13ClFN5O/c1-9-2-3-10(17)8-13(9)20-16(24)14-15(19)23(22-21-14)12-6-4-11(18)5-7-12/h2-8H,19H2,1H3,(H,20,24). The second kappa shape index (κ2) is 6.29. The van der Waals surface area contributed by atoms with Crippen LogP contribution >= 0.6 is 11.6 Å². The summed E-state index contributed by atoms with van der Waals surface area (Å²) in [6.45, 7) is 1.84. The van der Waals surface area contributed by atoms with E-state index < -0.39 is 5.91 Å². The van der Waals surface area contributed by atoms with Crippen molar-refractivity contribution < 1.29 is 9.18 Å². The van der Waals surface area contributed by atoms with E-state index in [0.29, 0.717) is 16.4 Å². The van der Waals surface area contributed by atoms with Gasteiger partial charge in [-0.1, -0.05) is 22.9 Å². The molecule has 0 saturated heterocycles. The average molecular weight is 346 g/mol. The molecule has 0 aliphatic rings. The topological polar surface area (TPSA) is 85.8 Å². The van der Waals surface area contributed by atoms with E-state index >= 15 is 0 Å². The Morgan fingerprint density at radius 1 is 1.25 bits per heavy atom. The van der Waals surface area contributed by atoms with Gasteiger partial charge in [-0.25, -0.2) is 4.39 Å². The summed E-state index contributed by atoms with van der Waals surface area (Å²) in [6, 6.07) is 10.7. The van der Waals surface area contributed by atoms with Gasteiger partial charge >= 0.3 is 0 Å². The minimum absolute atomic E-state index is 0.0290. The molecule has 8 heteroatoms. The molecule has 0 radical (unpaired) electrons. The predicted octanol–water partition coefficient (Wildman–Crippen LogP) is 3.20. The molecular weight excluding hydrogens is 333 g/mol. The van der Waals surface area contributed by atoms with Crippen molar-refractivity contribution in [1.29, 1.82) is 0 Å². The first-order valence-electron chi connectivity index (χ1n) is 7.00. The summed E-state index contributed by atoms with van der Waals surface area (Å²) in [5.41, 5.74) is 7.83. The molecule has 6 nitrogen and oxygen atoms in total. The van der Waals surface area contributed by atoms with Gasteiger partial charge in [0.1, 0.15) is 5.82 Å². The number of carbonyl (C=O) groups excluding carboxylic acids is 1. The zero-order valence-electron chi connectivity index (χ0n) is 12.6. The van der Waals surface area contributed by atoms with Gasteiger partial charge in [-0.05, 0) is 48.9 Å². The highest BCUT2D eigenvalue weighted by Gasteiger charge is 2.19. The summed E-state index contributed by atoms with van der Waals surface area (Å²) in [6.07, 6.45) is 0. The fraction of sp³-hybridized carbons (Fsp3) is 0.0625. The number of nitrogen functional groups attached to an aromatic ring is 1. The van der Waals surface area contributed by atoms with Crippen molar-refractivity contribution in [2.45, 2.75) is 6.92 Å². The quantitative estimate of drug-likeness (QED) is 0.763. The number of nitrogens with two attached hydrogens (primary N) is 1. The molecule has 0 saturated carbocycles. The molecule has 24 heavy (non-hydrogen) atoms. The summed E-state index contributed by atoms with van der Waals surface area (Å²) in [5, 5.41) is 10.9. The van der Waals surface area contributed by atoms with Crippen molar-refractivity contribution in [3.8, 4) is 5.69 Å². The second-order valence-electron chi connectivity index (χ2n) is 5.12. The smallest absolute Gasteiger partial charge is 0.280 e. The van der Waals surface area contributed by atoms with Crippen LogP contribution in [0.15, 0.2) is 42.5 Å². The van der Waals surface area contributed by atoms with Crippen LogP contribution in [-0.2, 0) is 0 Å². The van der Waals surface area contributed by atoms with E-state index in [9.17, 15) is 9.18 Å². The number of hydrogen-bond donors (Lipinski definition) is 2. The largest absolute Gasteiger partial charge is 0.382 e. The van der Waals surface area contributed by atoms with Crippen LogP contribution < -0.4 is 11.1 Å². The molecule has 3 N–H and O–H groups in total. The maximum Gasteiger partial charge on any atom is 0.280 e. The Morgan fingerprint density at radius 2 is 1.96 bits per heavy atom. The monoisotopic (exact) mass is 345 g/mol. The van der Waals surface area contributed by atoms with Crippen LogP contribution in [0.4, 0.5) is 15.9 Å². The molecule has 1 aromatic heterocycles. The van der Waals surface area contributed by atoms with E-state index in [1.54, 1.807) is 18.2 Å². The molecule has 0 bridgehead atoms. The van der Waals surface area contributed by atoms with E-state index in [-0.39, 0.29) is 17.3 Å². The van der Waals surface area contributed by atoms with Gasteiger partial charge in [-0.15, -0.1) is 5.10 Å². The van der Waals surface area contributed by atoms with Crippen LogP contribution in [0, 0.1) is 12.7 Å². The maximum absolute atomic E-state index is 13.0. The van der Waals surface area contributed by atoms with Crippen LogP contribution in [0.5, 0.6) is 0 Å². The number of amides is 1. The zero-order valence-corrected chi connectivity index (χ0v) is 13.4. The maximum atomic E-state index is 13.0. The number of hydrogen-bond acceptors (Lipinski definition) is 4. The van der Waals surface area contributed by atoms with Gasteiger partial charge < -0.3 is 11.1 Å². The molecule has 0 unspecified atom stereocenters. The fourth-order valence-electron chi connectivity index (χ4n) is 2.13. The molecule has 0 fully saturated rings. The number of anilines is 2. The summed E-state index contributed by atoms with van der Waals surface area (Å²) in [5.74, 6) is -0.836. The Kier molecular flexibility index (Phi) is 4.18. The van der Waals surface area contributed by atoms with Crippen molar-refractivity contribution >= 4 is 29.0 Å². The number of aromatic nitrogens is 3. The van der Waals surface area contributed by atoms with E-state index in [0.717, 1.165) is 5.56 Å². The third-order valence-electron chi connectivity index (χ3n) is 3.44. The molecule has 3 rings (SSSR count). The molecule has 0 aliphatic heterocycles. The zero-order chi connectivity index (χ0) is 17.3. The highest BCUT2D eigenvalue weighted by atomic mass is 35.5.